The van der Waals surface area contributed by atoms with Gasteiger partial charge in [0.1, 0.15) is 11.4 Å². The molecule has 0 saturated carbocycles. The Labute approximate surface area is 162 Å². The number of hydrogen-bond donors (Lipinski definition) is 4. The zero-order chi connectivity index (χ0) is 20.1. The molecular formula is C18H24N8O2. The van der Waals surface area contributed by atoms with Gasteiger partial charge in [0.2, 0.25) is 5.95 Å². The molecule has 0 aliphatic rings. The summed E-state index contributed by atoms with van der Waals surface area (Å²) in [6.07, 6.45) is 3.98. The first-order chi connectivity index (χ1) is 13.5. The molecule has 10 heteroatoms. The Balaban J connectivity index is 1.84. The highest BCUT2D eigenvalue weighted by Crippen LogP contribution is 2.26. The number of aromatic nitrogens is 4. The third-order valence-corrected chi connectivity index (χ3v) is 4.19. The third-order valence-electron chi connectivity index (χ3n) is 4.19. The first-order valence-corrected chi connectivity index (χ1v) is 8.82. The summed E-state index contributed by atoms with van der Waals surface area (Å²) in [7, 11) is 3.48. The Hall–Kier alpha value is -3.24. The maximum atomic E-state index is 11.8. The summed E-state index contributed by atoms with van der Waals surface area (Å²) in [6, 6.07) is 5.55. The molecule has 0 unspecified atom stereocenters. The van der Waals surface area contributed by atoms with E-state index in [-0.39, 0.29) is 11.6 Å². The van der Waals surface area contributed by atoms with Gasteiger partial charge in [-0.3, -0.25) is 9.48 Å². The average Bonchev–Trinajstić information content (AvgIpc) is 3.06. The van der Waals surface area contributed by atoms with E-state index in [1.54, 1.807) is 11.8 Å². The van der Waals surface area contributed by atoms with Crippen molar-refractivity contribution in [3.63, 3.8) is 0 Å². The number of benzene rings is 1. The van der Waals surface area contributed by atoms with Crippen LogP contribution in [0, 0.1) is 0 Å². The minimum absolute atomic E-state index is 0.111. The van der Waals surface area contributed by atoms with E-state index in [0.29, 0.717) is 31.3 Å². The number of carbonyl (C=O) groups excluding carboxylic acids is 1. The Bertz CT molecular complexity index is 971. The van der Waals surface area contributed by atoms with E-state index in [1.165, 1.54) is 6.20 Å². The molecule has 10 nitrogen and oxygen atoms in total. The molecule has 0 spiro atoms. The molecule has 0 radical (unpaired) electrons. The van der Waals surface area contributed by atoms with Crippen molar-refractivity contribution < 1.29 is 9.53 Å². The first-order valence-electron chi connectivity index (χ1n) is 8.82. The van der Waals surface area contributed by atoms with Crippen molar-refractivity contribution in [1.29, 1.82) is 0 Å². The Morgan fingerprint density at radius 1 is 1.39 bits per heavy atom. The van der Waals surface area contributed by atoms with Gasteiger partial charge in [-0.1, -0.05) is 6.07 Å². The molecule has 0 aliphatic heterocycles. The van der Waals surface area contributed by atoms with Crippen molar-refractivity contribution in [3.8, 4) is 0 Å². The number of nitrogens with zero attached hydrogens (tertiary/aromatic N) is 4. The van der Waals surface area contributed by atoms with Crippen molar-refractivity contribution in [2.24, 2.45) is 18.5 Å². The van der Waals surface area contributed by atoms with Crippen LogP contribution >= 0.6 is 0 Å². The lowest BCUT2D eigenvalue weighted by Crippen LogP contribution is -2.30. The lowest BCUT2D eigenvalue weighted by Gasteiger charge is -2.14. The zero-order valence-electron chi connectivity index (χ0n) is 15.8. The summed E-state index contributed by atoms with van der Waals surface area (Å²) in [5.41, 5.74) is 13.3. The Morgan fingerprint density at radius 2 is 2.21 bits per heavy atom. The van der Waals surface area contributed by atoms with Gasteiger partial charge in [-0.2, -0.15) is 10.1 Å². The maximum Gasteiger partial charge on any atom is 0.254 e. The van der Waals surface area contributed by atoms with Crippen LogP contribution in [0.1, 0.15) is 16.8 Å². The van der Waals surface area contributed by atoms with E-state index >= 15 is 0 Å². The summed E-state index contributed by atoms with van der Waals surface area (Å²) >= 11 is 0. The largest absolute Gasteiger partial charge is 0.385 e. The molecule has 2 heterocycles. The number of primary amides is 1. The number of nitrogens with two attached hydrogens (primary N) is 2. The smallest absolute Gasteiger partial charge is 0.254 e. The number of amides is 1. The predicted molar refractivity (Wildman–Crippen MR) is 108 cm³/mol. The van der Waals surface area contributed by atoms with Gasteiger partial charge in [-0.05, 0) is 18.6 Å². The predicted octanol–water partition coefficient (Wildman–Crippen LogP) is 0.982. The van der Waals surface area contributed by atoms with E-state index in [9.17, 15) is 4.79 Å². The van der Waals surface area contributed by atoms with Crippen LogP contribution < -0.4 is 22.1 Å². The number of hydrogen-bond acceptors (Lipinski definition) is 8. The minimum atomic E-state index is -0.621. The molecule has 1 atom stereocenters. The highest BCUT2D eigenvalue weighted by molar-refractivity contribution is 6.00. The summed E-state index contributed by atoms with van der Waals surface area (Å²) in [5.74, 6) is 0.0368. The molecule has 3 rings (SSSR count). The molecule has 1 amide bonds. The second-order valence-corrected chi connectivity index (χ2v) is 6.41. The van der Waals surface area contributed by atoms with Crippen molar-refractivity contribution in [1.82, 2.24) is 19.7 Å². The van der Waals surface area contributed by atoms with Crippen molar-refractivity contribution >= 4 is 34.3 Å². The van der Waals surface area contributed by atoms with Crippen LogP contribution in [-0.4, -0.2) is 52.0 Å². The highest BCUT2D eigenvalue weighted by atomic mass is 16.5. The number of nitrogens with one attached hydrogen (secondary N) is 2. The van der Waals surface area contributed by atoms with Crippen LogP contribution in [0.3, 0.4) is 0 Å². The van der Waals surface area contributed by atoms with E-state index in [0.717, 1.165) is 16.6 Å². The highest BCUT2D eigenvalue weighted by Gasteiger charge is 2.15. The van der Waals surface area contributed by atoms with Crippen molar-refractivity contribution in [2.75, 3.05) is 30.9 Å². The molecule has 0 fully saturated rings. The van der Waals surface area contributed by atoms with Gasteiger partial charge >= 0.3 is 0 Å². The molecule has 148 valence electrons. The summed E-state index contributed by atoms with van der Waals surface area (Å²) in [4.78, 5) is 20.4. The normalized spacial score (nSPS) is 12.1. The van der Waals surface area contributed by atoms with Crippen LogP contribution in [0.5, 0.6) is 0 Å². The van der Waals surface area contributed by atoms with E-state index in [4.69, 9.17) is 16.2 Å². The minimum Gasteiger partial charge on any atom is -0.385 e. The number of methoxy groups -OCH3 is 1. The van der Waals surface area contributed by atoms with Gasteiger partial charge < -0.3 is 26.8 Å². The lowest BCUT2D eigenvalue weighted by atomic mass is 10.2. The lowest BCUT2D eigenvalue weighted by molar-refractivity contribution is 0.100. The molecule has 0 aliphatic carbocycles. The maximum absolute atomic E-state index is 11.8. The molecule has 3 aromatic rings. The zero-order valence-corrected chi connectivity index (χ0v) is 15.8. The number of anilines is 3. The van der Waals surface area contributed by atoms with Gasteiger partial charge in [-0.25, -0.2) is 4.98 Å². The van der Waals surface area contributed by atoms with E-state index in [2.05, 4.69) is 25.7 Å². The van der Waals surface area contributed by atoms with Gasteiger partial charge in [0.25, 0.3) is 5.91 Å². The topological polar surface area (TPSA) is 146 Å². The van der Waals surface area contributed by atoms with Gasteiger partial charge in [-0.15, -0.1) is 0 Å². The van der Waals surface area contributed by atoms with Crippen LogP contribution in [0.4, 0.5) is 17.5 Å². The summed E-state index contributed by atoms with van der Waals surface area (Å²) in [5, 5.41) is 11.5. The van der Waals surface area contributed by atoms with Gasteiger partial charge in [0.05, 0.1) is 11.2 Å². The van der Waals surface area contributed by atoms with Crippen LogP contribution in [-0.2, 0) is 11.8 Å². The van der Waals surface area contributed by atoms with Crippen molar-refractivity contribution in [3.05, 3.63) is 36.2 Å². The number of fused-ring (bicyclic) bond motifs is 1. The van der Waals surface area contributed by atoms with E-state index < -0.39 is 5.91 Å². The van der Waals surface area contributed by atoms with Crippen molar-refractivity contribution in [2.45, 2.75) is 12.5 Å². The fourth-order valence-corrected chi connectivity index (χ4v) is 2.73. The third kappa shape index (κ3) is 4.53. The second kappa shape index (κ2) is 8.63. The molecule has 28 heavy (non-hydrogen) atoms. The second-order valence-electron chi connectivity index (χ2n) is 6.41. The molecule has 2 aromatic heterocycles. The fourth-order valence-electron chi connectivity index (χ4n) is 2.73. The monoisotopic (exact) mass is 384 g/mol. The van der Waals surface area contributed by atoms with Crippen LogP contribution in [0.2, 0.25) is 0 Å². The quantitative estimate of drug-likeness (QED) is 0.427. The SMILES string of the molecule is COCC[C@H](N)CNc1ncc(C(N)=O)c(Nc2cccc3nn(C)cc23)n1. The van der Waals surface area contributed by atoms with Crippen LogP contribution in [0.15, 0.2) is 30.6 Å². The van der Waals surface area contributed by atoms with Gasteiger partial charge in [0.15, 0.2) is 0 Å². The average molecular weight is 384 g/mol. The summed E-state index contributed by atoms with van der Waals surface area (Å²) < 4.78 is 6.74. The fraction of sp³-hybridized carbons (Fsp3) is 0.333. The Kier molecular flexibility index (Phi) is 6.02. The molecular weight excluding hydrogens is 360 g/mol. The number of carbonyl (C=O) groups is 1. The standard InChI is InChI=1S/C18H24N8O2/c1-26-10-13-14(4-3-5-15(13)25-26)23-17-12(16(20)27)9-22-18(24-17)21-8-11(19)6-7-28-2/h3-5,9-11H,6-8,19H2,1-2H3,(H2,20,27)(H2,21,22,23,24)/t11-/m0/s1. The summed E-state index contributed by atoms with van der Waals surface area (Å²) in [6.45, 7) is 1.04. The molecule has 0 saturated heterocycles. The number of aryl methyl sites for hydroxylation is 1. The first kappa shape index (κ1) is 19.5. The number of rotatable bonds is 9. The van der Waals surface area contributed by atoms with E-state index in [1.807, 2.05) is 31.4 Å². The Morgan fingerprint density at radius 3 is 2.96 bits per heavy atom. The van der Waals surface area contributed by atoms with Crippen LogP contribution in [0.25, 0.3) is 10.9 Å². The molecule has 6 N–H and O–H groups in total. The van der Waals surface area contributed by atoms with Gasteiger partial charge in [0, 0.05) is 51.1 Å². The molecule has 0 bridgehead atoms. The number of ether oxygens (including phenoxy) is 1. The molecule has 1 aromatic carbocycles.